The van der Waals surface area contributed by atoms with Gasteiger partial charge < -0.3 is 0 Å². The van der Waals surface area contributed by atoms with Gasteiger partial charge in [0, 0.05) is 23.7 Å². The Morgan fingerprint density at radius 1 is 0.292 bits per heavy atom. The standard InChI is InChI=1S/C16H20F8/c17-9-5-1-2-6-11(19)15(23)8(16(24)12(6)20)4-3-7(13(9)21)14(22)10(5)18/h5-16H,1-4H2/t5?,6?,7?,8?,9-,10?,11?,12?,13?,14?,15?,16?/m1/s1. The third-order valence-electron chi connectivity index (χ3n) is 6.16. The first-order chi connectivity index (χ1) is 11.3. The Bertz CT molecular complexity index is 336. The Morgan fingerprint density at radius 2 is 0.417 bits per heavy atom. The number of hydrogen-bond donors (Lipinski definition) is 0. The summed E-state index contributed by atoms with van der Waals surface area (Å²) in [5.74, 6) is -6.78. The minimum absolute atomic E-state index is 0.550. The van der Waals surface area contributed by atoms with Crippen LogP contribution in [0, 0.1) is 23.7 Å². The van der Waals surface area contributed by atoms with Gasteiger partial charge in [-0.1, -0.05) is 0 Å². The van der Waals surface area contributed by atoms with E-state index in [4.69, 9.17) is 0 Å². The topological polar surface area (TPSA) is 0 Å². The first kappa shape index (κ1) is 18.2. The maximum atomic E-state index is 14.2. The predicted octanol–water partition coefficient (Wildman–Crippen LogP) is 4.76. The molecule has 8 heteroatoms. The Morgan fingerprint density at radius 3 is 0.542 bits per heavy atom. The fourth-order valence-electron chi connectivity index (χ4n) is 4.64. The van der Waals surface area contributed by atoms with Gasteiger partial charge in [0.1, 0.15) is 49.4 Å². The molecule has 0 radical (unpaired) electrons. The summed E-state index contributed by atoms with van der Waals surface area (Å²) < 4.78 is 113. The Kier molecular flexibility index (Phi) is 5.04. The van der Waals surface area contributed by atoms with Crippen molar-refractivity contribution in [3.63, 3.8) is 0 Å². The molecular weight excluding hydrogens is 344 g/mol. The molecule has 6 aliphatic rings. The first-order valence-corrected chi connectivity index (χ1v) is 8.38. The monoisotopic (exact) mass is 364 g/mol. The van der Waals surface area contributed by atoms with Gasteiger partial charge in [-0.3, -0.25) is 0 Å². The van der Waals surface area contributed by atoms with E-state index in [0.717, 1.165) is 0 Å². The van der Waals surface area contributed by atoms with Crippen molar-refractivity contribution >= 4 is 0 Å². The van der Waals surface area contributed by atoms with E-state index in [9.17, 15) is 35.1 Å². The third-order valence-corrected chi connectivity index (χ3v) is 6.16. The summed E-state index contributed by atoms with van der Waals surface area (Å²) in [5.41, 5.74) is 0. The molecule has 10 atom stereocenters. The van der Waals surface area contributed by atoms with Gasteiger partial charge in [-0.05, 0) is 25.7 Å². The van der Waals surface area contributed by atoms with E-state index >= 15 is 0 Å². The van der Waals surface area contributed by atoms with E-state index in [1.54, 1.807) is 0 Å². The molecule has 0 nitrogen and oxygen atoms in total. The molecular formula is C16H20F8. The Balaban J connectivity index is 1.93. The van der Waals surface area contributed by atoms with Crippen molar-refractivity contribution < 1.29 is 35.1 Å². The van der Waals surface area contributed by atoms with Gasteiger partial charge >= 0.3 is 0 Å². The lowest BCUT2D eigenvalue weighted by molar-refractivity contribution is -0.117. The largest absolute Gasteiger partial charge is 0.244 e. The zero-order valence-electron chi connectivity index (χ0n) is 12.8. The molecule has 6 rings (SSSR count). The van der Waals surface area contributed by atoms with Gasteiger partial charge in [0.25, 0.3) is 0 Å². The van der Waals surface area contributed by atoms with Crippen LogP contribution in [0.2, 0.25) is 0 Å². The summed E-state index contributed by atoms with van der Waals surface area (Å²) in [6, 6.07) is 0. The second-order valence-electron chi connectivity index (χ2n) is 7.37. The van der Waals surface area contributed by atoms with Gasteiger partial charge in [0.15, 0.2) is 0 Å². The Hall–Kier alpha value is -0.560. The lowest BCUT2D eigenvalue weighted by atomic mass is 9.66. The highest BCUT2D eigenvalue weighted by Gasteiger charge is 2.57. The van der Waals surface area contributed by atoms with Crippen molar-refractivity contribution in [2.24, 2.45) is 23.7 Å². The Labute approximate surface area is 135 Å². The van der Waals surface area contributed by atoms with Crippen LogP contribution in [0.3, 0.4) is 0 Å². The molecule has 0 aliphatic heterocycles. The summed E-state index contributed by atoms with van der Waals surface area (Å²) in [5, 5.41) is 0. The molecule has 0 heterocycles. The molecule has 4 bridgehead atoms. The number of alkyl halides is 8. The quantitative estimate of drug-likeness (QED) is 0.544. The van der Waals surface area contributed by atoms with E-state index < -0.39 is 98.7 Å². The molecule has 0 N–H and O–H groups in total. The summed E-state index contributed by atoms with van der Waals surface area (Å²) in [6.07, 6.45) is -20.5. The average molecular weight is 364 g/mol. The molecule has 0 amide bonds. The van der Waals surface area contributed by atoms with Crippen molar-refractivity contribution in [3.05, 3.63) is 0 Å². The van der Waals surface area contributed by atoms with Crippen molar-refractivity contribution in [1.29, 1.82) is 0 Å². The van der Waals surface area contributed by atoms with E-state index in [1.165, 1.54) is 0 Å². The van der Waals surface area contributed by atoms with Gasteiger partial charge in [-0.2, -0.15) is 0 Å². The highest BCUT2D eigenvalue weighted by Crippen LogP contribution is 2.48. The lowest BCUT2D eigenvalue weighted by Gasteiger charge is -2.45. The zero-order valence-corrected chi connectivity index (χ0v) is 12.8. The number of halogens is 8. The zero-order chi connectivity index (χ0) is 17.8. The van der Waals surface area contributed by atoms with Crippen LogP contribution >= 0.6 is 0 Å². The van der Waals surface area contributed by atoms with Crippen molar-refractivity contribution in [2.45, 2.75) is 75.1 Å². The minimum Gasteiger partial charge on any atom is -0.244 e. The predicted molar refractivity (Wildman–Crippen MR) is 71.6 cm³/mol. The van der Waals surface area contributed by atoms with Crippen molar-refractivity contribution in [1.82, 2.24) is 0 Å². The SMILES string of the molecule is FC1C(F)C2CCC3C(F)C(F)C(CCC1C(F)C2F)C(F)[C@@H]3F. The summed E-state index contributed by atoms with van der Waals surface area (Å²) in [4.78, 5) is 0. The van der Waals surface area contributed by atoms with Crippen LogP contribution in [0.5, 0.6) is 0 Å². The van der Waals surface area contributed by atoms with Crippen LogP contribution in [-0.2, 0) is 0 Å². The fourth-order valence-corrected chi connectivity index (χ4v) is 4.64. The second-order valence-corrected chi connectivity index (χ2v) is 7.37. The molecule has 6 fully saturated rings. The highest BCUT2D eigenvalue weighted by atomic mass is 19.2. The van der Waals surface area contributed by atoms with Crippen LogP contribution in [0.4, 0.5) is 35.1 Å². The normalized spacial score (nSPS) is 59.0. The van der Waals surface area contributed by atoms with E-state index in [-0.39, 0.29) is 0 Å². The average Bonchev–Trinajstić information content (AvgIpc) is 2.55. The third kappa shape index (κ3) is 2.71. The molecule has 0 saturated heterocycles. The van der Waals surface area contributed by atoms with Crippen LogP contribution in [0.1, 0.15) is 25.7 Å². The molecule has 24 heavy (non-hydrogen) atoms. The van der Waals surface area contributed by atoms with Crippen molar-refractivity contribution in [2.75, 3.05) is 0 Å². The first-order valence-electron chi connectivity index (χ1n) is 8.38. The second kappa shape index (κ2) is 6.63. The molecule has 9 unspecified atom stereocenters. The summed E-state index contributed by atoms with van der Waals surface area (Å²) in [6.45, 7) is 0. The van der Waals surface area contributed by atoms with Gasteiger partial charge in [-0.25, -0.2) is 35.1 Å². The molecule has 0 aromatic rings. The van der Waals surface area contributed by atoms with Gasteiger partial charge in [0.2, 0.25) is 0 Å². The molecule has 0 aromatic heterocycles. The maximum absolute atomic E-state index is 14.2. The van der Waals surface area contributed by atoms with Gasteiger partial charge in [0.05, 0.1) is 0 Å². The van der Waals surface area contributed by atoms with Crippen LogP contribution in [0.25, 0.3) is 0 Å². The molecule has 0 aromatic carbocycles. The highest BCUT2D eigenvalue weighted by molar-refractivity contribution is 5.04. The molecule has 140 valence electrons. The fraction of sp³-hybridized carbons (Fsp3) is 1.00. The van der Waals surface area contributed by atoms with Crippen molar-refractivity contribution in [3.8, 4) is 0 Å². The van der Waals surface area contributed by atoms with E-state index in [2.05, 4.69) is 0 Å². The lowest BCUT2D eigenvalue weighted by Crippen LogP contribution is -2.56. The van der Waals surface area contributed by atoms with Crippen LogP contribution in [-0.4, -0.2) is 49.4 Å². The van der Waals surface area contributed by atoms with Crippen LogP contribution < -0.4 is 0 Å². The molecule has 6 aliphatic carbocycles. The smallest absolute Gasteiger partial charge is 0.137 e. The molecule has 6 saturated carbocycles. The molecule has 0 spiro atoms. The van der Waals surface area contributed by atoms with Crippen LogP contribution in [0.15, 0.2) is 0 Å². The van der Waals surface area contributed by atoms with E-state index in [0.29, 0.717) is 0 Å². The summed E-state index contributed by atoms with van der Waals surface area (Å²) in [7, 11) is 0. The number of rotatable bonds is 0. The number of hydrogen-bond acceptors (Lipinski definition) is 0. The maximum Gasteiger partial charge on any atom is 0.137 e. The minimum atomic E-state index is -2.28. The summed E-state index contributed by atoms with van der Waals surface area (Å²) >= 11 is 0. The van der Waals surface area contributed by atoms with E-state index in [1.807, 2.05) is 0 Å². The van der Waals surface area contributed by atoms with Gasteiger partial charge in [-0.15, -0.1) is 0 Å².